The van der Waals surface area contributed by atoms with Crippen molar-refractivity contribution in [3.63, 3.8) is 0 Å². The first-order valence-corrected chi connectivity index (χ1v) is 9.10. The van der Waals surface area contributed by atoms with Crippen LogP contribution in [-0.4, -0.2) is 46.4 Å². The molecule has 0 amide bonds. The first kappa shape index (κ1) is 18.2. The van der Waals surface area contributed by atoms with Gasteiger partial charge in [-0.2, -0.15) is 0 Å². The molecule has 0 radical (unpaired) electrons. The Kier molecular flexibility index (Phi) is 5.43. The molecule has 3 rings (SSSR count). The van der Waals surface area contributed by atoms with Crippen LogP contribution in [0.25, 0.3) is 11.3 Å². The van der Waals surface area contributed by atoms with E-state index in [1.165, 1.54) is 6.42 Å². The summed E-state index contributed by atoms with van der Waals surface area (Å²) < 4.78 is 0. The number of anilines is 1. The number of benzene rings is 1. The van der Waals surface area contributed by atoms with E-state index in [1.54, 1.807) is 6.07 Å². The van der Waals surface area contributed by atoms with Crippen molar-refractivity contribution < 1.29 is 5.11 Å². The van der Waals surface area contributed by atoms with Crippen LogP contribution < -0.4 is 5.32 Å². The minimum atomic E-state index is 0.131. The molecule has 0 spiro atoms. The fraction of sp³-hybridized carbons (Fsp3) is 0.429. The van der Waals surface area contributed by atoms with Crippen LogP contribution in [0.15, 0.2) is 24.3 Å². The molecule has 1 saturated heterocycles. The second-order valence-corrected chi connectivity index (χ2v) is 7.31. The van der Waals surface area contributed by atoms with E-state index >= 15 is 0 Å². The summed E-state index contributed by atoms with van der Waals surface area (Å²) in [6, 6.07) is 7.65. The van der Waals surface area contributed by atoms with Gasteiger partial charge in [-0.05, 0) is 62.2 Å². The van der Waals surface area contributed by atoms with Crippen molar-refractivity contribution in [2.24, 2.45) is 0 Å². The Morgan fingerprint density at radius 3 is 2.77 bits per heavy atom. The summed E-state index contributed by atoms with van der Waals surface area (Å²) >= 11 is 0. The molecule has 0 saturated carbocycles. The number of likely N-dealkylation sites (N-methyl/N-ethyl adjacent to an activating group) is 1. The van der Waals surface area contributed by atoms with Crippen LogP contribution in [0, 0.1) is 12.3 Å². The molecule has 5 heteroatoms. The smallest absolute Gasteiger partial charge is 0.149 e. The molecule has 2 aromatic rings. The van der Waals surface area contributed by atoms with Gasteiger partial charge in [0, 0.05) is 23.7 Å². The molecule has 26 heavy (non-hydrogen) atoms. The molecule has 5 nitrogen and oxygen atoms in total. The summed E-state index contributed by atoms with van der Waals surface area (Å²) in [5.74, 6) is 3.70. The lowest BCUT2D eigenvalue weighted by molar-refractivity contribution is 0.260. The molecular formula is C21H26N4O. The number of piperidine rings is 1. The fourth-order valence-electron chi connectivity index (χ4n) is 3.44. The number of nitrogens with zero attached hydrogens (tertiary/aromatic N) is 3. The lowest BCUT2D eigenvalue weighted by Crippen LogP contribution is -2.40. The third kappa shape index (κ3) is 3.97. The van der Waals surface area contributed by atoms with Gasteiger partial charge in [-0.15, -0.1) is 16.6 Å². The summed E-state index contributed by atoms with van der Waals surface area (Å²) in [6.07, 6.45) is 7.73. The average molecular weight is 350 g/mol. The van der Waals surface area contributed by atoms with Crippen molar-refractivity contribution in [3.8, 4) is 29.4 Å². The standard InChI is InChI=1S/C21H26N4O/c1-5-15-8-9-17(19(26)11-15)21-18(14(2)3)12-20(23-24-21)22-16-7-6-10-25(4)13-16/h1,8-9,11-12,14,16,26H,6-7,10,13H2,2-4H3,(H,22,23)/t16-/m1/s1. The maximum atomic E-state index is 10.4. The lowest BCUT2D eigenvalue weighted by atomic mass is 9.96. The zero-order valence-electron chi connectivity index (χ0n) is 15.7. The van der Waals surface area contributed by atoms with E-state index in [0.717, 1.165) is 30.9 Å². The molecule has 1 aliphatic rings. The van der Waals surface area contributed by atoms with E-state index in [0.29, 0.717) is 22.9 Å². The minimum Gasteiger partial charge on any atom is -0.507 e. The second kappa shape index (κ2) is 7.76. The van der Waals surface area contributed by atoms with Crippen LogP contribution in [0.2, 0.25) is 0 Å². The third-order valence-electron chi connectivity index (χ3n) is 4.84. The monoisotopic (exact) mass is 350 g/mol. The number of nitrogens with one attached hydrogen (secondary N) is 1. The third-order valence-corrected chi connectivity index (χ3v) is 4.84. The molecule has 0 bridgehead atoms. The molecule has 1 aromatic carbocycles. The van der Waals surface area contributed by atoms with E-state index in [4.69, 9.17) is 6.42 Å². The summed E-state index contributed by atoms with van der Waals surface area (Å²) in [4.78, 5) is 2.33. The topological polar surface area (TPSA) is 61.3 Å². The van der Waals surface area contributed by atoms with Gasteiger partial charge in [-0.25, -0.2) is 0 Å². The Morgan fingerprint density at radius 1 is 1.31 bits per heavy atom. The van der Waals surface area contributed by atoms with Gasteiger partial charge in [0.1, 0.15) is 17.3 Å². The number of likely N-dealkylation sites (tertiary alicyclic amines) is 1. The molecule has 1 fully saturated rings. The Bertz CT molecular complexity index is 825. The van der Waals surface area contributed by atoms with Gasteiger partial charge in [0.05, 0.1) is 0 Å². The minimum absolute atomic E-state index is 0.131. The highest BCUT2D eigenvalue weighted by atomic mass is 16.3. The fourth-order valence-corrected chi connectivity index (χ4v) is 3.44. The van der Waals surface area contributed by atoms with Crippen LogP contribution in [-0.2, 0) is 0 Å². The maximum absolute atomic E-state index is 10.4. The van der Waals surface area contributed by atoms with Gasteiger partial charge < -0.3 is 15.3 Å². The number of phenolic OH excluding ortho intramolecular Hbond substituents is 1. The van der Waals surface area contributed by atoms with Crippen LogP contribution in [0.4, 0.5) is 5.82 Å². The average Bonchev–Trinajstić information content (AvgIpc) is 2.62. The van der Waals surface area contributed by atoms with Gasteiger partial charge >= 0.3 is 0 Å². The van der Waals surface area contributed by atoms with Gasteiger partial charge in [0.25, 0.3) is 0 Å². The predicted molar refractivity (Wildman–Crippen MR) is 105 cm³/mol. The van der Waals surface area contributed by atoms with Crippen molar-refractivity contribution in [2.75, 3.05) is 25.5 Å². The van der Waals surface area contributed by atoms with Gasteiger partial charge in [0.15, 0.2) is 0 Å². The van der Waals surface area contributed by atoms with E-state index in [-0.39, 0.29) is 11.7 Å². The Balaban J connectivity index is 1.91. The number of hydrogen-bond donors (Lipinski definition) is 2. The number of terminal acetylenes is 1. The molecule has 1 aliphatic heterocycles. The highest BCUT2D eigenvalue weighted by Crippen LogP contribution is 2.34. The maximum Gasteiger partial charge on any atom is 0.149 e. The van der Waals surface area contributed by atoms with Crippen LogP contribution in [0.5, 0.6) is 5.75 Å². The molecule has 0 aliphatic carbocycles. The molecule has 2 N–H and O–H groups in total. The Morgan fingerprint density at radius 2 is 2.12 bits per heavy atom. The molecule has 1 aromatic heterocycles. The Labute approximate surface area is 155 Å². The van der Waals surface area contributed by atoms with Gasteiger partial charge in [0.2, 0.25) is 0 Å². The van der Waals surface area contributed by atoms with E-state index in [2.05, 4.69) is 53.3 Å². The van der Waals surface area contributed by atoms with Crippen LogP contribution in [0.3, 0.4) is 0 Å². The normalized spacial score (nSPS) is 17.9. The largest absolute Gasteiger partial charge is 0.507 e. The van der Waals surface area contributed by atoms with Crippen molar-refractivity contribution in [1.82, 2.24) is 15.1 Å². The molecule has 0 unspecified atom stereocenters. The molecule has 2 heterocycles. The number of hydrogen-bond acceptors (Lipinski definition) is 5. The summed E-state index contributed by atoms with van der Waals surface area (Å²) in [5, 5.41) is 22.7. The van der Waals surface area contributed by atoms with Gasteiger partial charge in [-0.1, -0.05) is 19.8 Å². The number of aromatic hydroxyl groups is 1. The summed E-state index contributed by atoms with van der Waals surface area (Å²) in [6.45, 7) is 6.39. The molecule has 136 valence electrons. The van der Waals surface area contributed by atoms with Crippen molar-refractivity contribution >= 4 is 5.82 Å². The Hall–Kier alpha value is -2.58. The zero-order chi connectivity index (χ0) is 18.7. The van der Waals surface area contributed by atoms with E-state index < -0.39 is 0 Å². The predicted octanol–water partition coefficient (Wildman–Crippen LogP) is 3.46. The number of aromatic nitrogens is 2. The highest BCUT2D eigenvalue weighted by molar-refractivity contribution is 5.72. The van der Waals surface area contributed by atoms with Gasteiger partial charge in [-0.3, -0.25) is 0 Å². The second-order valence-electron chi connectivity index (χ2n) is 7.31. The van der Waals surface area contributed by atoms with Crippen LogP contribution in [0.1, 0.15) is 43.7 Å². The quantitative estimate of drug-likeness (QED) is 0.827. The van der Waals surface area contributed by atoms with E-state index in [1.807, 2.05) is 12.1 Å². The summed E-state index contributed by atoms with van der Waals surface area (Å²) in [5.41, 5.74) is 3.05. The van der Waals surface area contributed by atoms with Crippen molar-refractivity contribution in [2.45, 2.75) is 38.6 Å². The van der Waals surface area contributed by atoms with E-state index in [9.17, 15) is 5.11 Å². The number of rotatable bonds is 4. The summed E-state index contributed by atoms with van der Waals surface area (Å²) in [7, 11) is 2.14. The zero-order valence-corrected chi connectivity index (χ0v) is 15.7. The first-order chi connectivity index (χ1) is 12.5. The molecular weight excluding hydrogens is 324 g/mol. The van der Waals surface area contributed by atoms with Crippen molar-refractivity contribution in [1.29, 1.82) is 0 Å². The molecule has 1 atom stereocenters. The number of phenols is 1. The highest BCUT2D eigenvalue weighted by Gasteiger charge is 2.20. The lowest BCUT2D eigenvalue weighted by Gasteiger charge is -2.30. The van der Waals surface area contributed by atoms with Crippen molar-refractivity contribution in [3.05, 3.63) is 35.4 Å². The SMILES string of the molecule is C#Cc1ccc(-c2nnc(N[C@@H]3CCCN(C)C3)cc2C(C)C)c(O)c1. The first-order valence-electron chi connectivity index (χ1n) is 9.10. The van der Waals surface area contributed by atoms with Crippen LogP contribution >= 0.6 is 0 Å².